The summed E-state index contributed by atoms with van der Waals surface area (Å²) in [6, 6.07) is 7.26. The molecule has 1 saturated heterocycles. The van der Waals surface area contributed by atoms with Crippen LogP contribution in [0.2, 0.25) is 5.02 Å². The number of piperidine rings is 1. The molecule has 1 aromatic rings. The van der Waals surface area contributed by atoms with E-state index < -0.39 is 10.0 Å². The highest BCUT2D eigenvalue weighted by atomic mass is 35.5. The molecule has 1 aliphatic heterocycles. The molecule has 2 fully saturated rings. The van der Waals surface area contributed by atoms with Crippen LogP contribution in [0.5, 0.6) is 0 Å². The minimum atomic E-state index is -3.37. The lowest BCUT2D eigenvalue weighted by molar-refractivity contribution is -0.138. The maximum atomic E-state index is 12.8. The number of carbonyl (C=O) groups is 1. The molecule has 1 saturated carbocycles. The van der Waals surface area contributed by atoms with E-state index >= 15 is 0 Å². The minimum absolute atomic E-state index is 0.0231. The molecule has 0 spiro atoms. The molecule has 7 heteroatoms. The van der Waals surface area contributed by atoms with Crippen LogP contribution in [0.4, 0.5) is 0 Å². The molecule has 0 atom stereocenters. The van der Waals surface area contributed by atoms with E-state index in [9.17, 15) is 13.2 Å². The molecule has 0 bridgehead atoms. The molecular weight excluding hydrogens is 384 g/mol. The summed E-state index contributed by atoms with van der Waals surface area (Å²) < 4.78 is 26.9. The number of amides is 1. The quantitative estimate of drug-likeness (QED) is 0.741. The lowest BCUT2D eigenvalue weighted by Crippen LogP contribution is -2.46. The maximum absolute atomic E-state index is 12.8. The highest BCUT2D eigenvalue weighted by molar-refractivity contribution is 7.88. The van der Waals surface area contributed by atoms with Gasteiger partial charge in [-0.2, -0.15) is 0 Å². The molecule has 1 aliphatic carbocycles. The van der Waals surface area contributed by atoms with Crippen LogP contribution in [0.25, 0.3) is 0 Å². The SMILES string of the molecule is CN(C(=O)C1CCN(S(=O)(=O)Cc2ccc(Cl)cc2)CC1)C1CCCCC1. The average Bonchev–Trinajstić information content (AvgIpc) is 2.69. The summed E-state index contributed by atoms with van der Waals surface area (Å²) in [4.78, 5) is 14.8. The smallest absolute Gasteiger partial charge is 0.225 e. The molecule has 1 amide bonds. The van der Waals surface area contributed by atoms with Crippen LogP contribution in [0.1, 0.15) is 50.5 Å². The fraction of sp³-hybridized carbons (Fsp3) is 0.650. The molecule has 5 nitrogen and oxygen atoms in total. The molecule has 3 rings (SSSR count). The summed E-state index contributed by atoms with van der Waals surface area (Å²) in [6.07, 6.45) is 7.06. The van der Waals surface area contributed by atoms with Gasteiger partial charge in [0.25, 0.3) is 0 Å². The number of hydrogen-bond donors (Lipinski definition) is 0. The molecule has 1 aromatic carbocycles. The first-order chi connectivity index (χ1) is 12.9. The van der Waals surface area contributed by atoms with Crippen LogP contribution in [0.3, 0.4) is 0 Å². The summed E-state index contributed by atoms with van der Waals surface area (Å²) in [5, 5.41) is 0.595. The lowest BCUT2D eigenvalue weighted by Gasteiger charge is -2.36. The Labute approximate surface area is 167 Å². The van der Waals surface area contributed by atoms with Gasteiger partial charge in [0.05, 0.1) is 5.75 Å². The van der Waals surface area contributed by atoms with E-state index in [2.05, 4.69) is 0 Å². The van der Waals surface area contributed by atoms with Gasteiger partial charge >= 0.3 is 0 Å². The van der Waals surface area contributed by atoms with Gasteiger partial charge in [-0.3, -0.25) is 4.79 Å². The summed E-state index contributed by atoms with van der Waals surface area (Å²) in [6.45, 7) is 0.843. The Morgan fingerprint density at radius 1 is 1.07 bits per heavy atom. The van der Waals surface area contributed by atoms with Gasteiger partial charge in [0, 0.05) is 37.1 Å². The van der Waals surface area contributed by atoms with Gasteiger partial charge in [-0.15, -0.1) is 0 Å². The Morgan fingerprint density at radius 3 is 2.26 bits per heavy atom. The van der Waals surface area contributed by atoms with Crippen molar-refractivity contribution in [2.45, 2.75) is 56.7 Å². The summed E-state index contributed by atoms with van der Waals surface area (Å²) in [5.74, 6) is 0.112. The van der Waals surface area contributed by atoms with Crippen molar-refractivity contribution in [2.24, 2.45) is 5.92 Å². The zero-order chi connectivity index (χ0) is 19.4. The van der Waals surface area contributed by atoms with Crippen molar-refractivity contribution >= 4 is 27.5 Å². The number of benzene rings is 1. The Morgan fingerprint density at radius 2 is 1.67 bits per heavy atom. The Kier molecular flexibility index (Phi) is 6.82. The van der Waals surface area contributed by atoms with E-state index in [-0.39, 0.29) is 17.6 Å². The molecule has 27 heavy (non-hydrogen) atoms. The lowest BCUT2D eigenvalue weighted by atomic mass is 9.91. The topological polar surface area (TPSA) is 57.7 Å². The monoisotopic (exact) mass is 412 g/mol. The molecule has 0 N–H and O–H groups in total. The molecule has 150 valence electrons. The van der Waals surface area contributed by atoms with Gasteiger partial charge in [0.2, 0.25) is 15.9 Å². The zero-order valence-electron chi connectivity index (χ0n) is 15.9. The van der Waals surface area contributed by atoms with Crippen LogP contribution >= 0.6 is 11.6 Å². The van der Waals surface area contributed by atoms with Crippen LogP contribution in [0, 0.1) is 5.92 Å². The van der Waals surface area contributed by atoms with Crippen molar-refractivity contribution in [3.63, 3.8) is 0 Å². The van der Waals surface area contributed by atoms with Crippen LogP contribution in [0.15, 0.2) is 24.3 Å². The number of rotatable bonds is 5. The van der Waals surface area contributed by atoms with Crippen molar-refractivity contribution < 1.29 is 13.2 Å². The first-order valence-corrected chi connectivity index (χ1v) is 11.8. The fourth-order valence-electron chi connectivity index (χ4n) is 4.20. The number of halogens is 1. The van der Waals surface area contributed by atoms with Gasteiger partial charge in [-0.05, 0) is 43.4 Å². The Balaban J connectivity index is 1.54. The highest BCUT2D eigenvalue weighted by Crippen LogP contribution is 2.27. The first-order valence-electron chi connectivity index (χ1n) is 9.86. The third-order valence-corrected chi connectivity index (χ3v) is 8.03. The zero-order valence-corrected chi connectivity index (χ0v) is 17.5. The van der Waals surface area contributed by atoms with E-state index in [1.54, 1.807) is 24.3 Å². The molecule has 0 aromatic heterocycles. The molecule has 0 unspecified atom stereocenters. The largest absolute Gasteiger partial charge is 0.343 e. The first kappa shape index (κ1) is 20.6. The molecule has 0 radical (unpaired) electrons. The van der Waals surface area contributed by atoms with E-state index in [4.69, 9.17) is 11.6 Å². The standard InChI is InChI=1S/C20H29ClN2O3S/c1-22(19-5-3-2-4-6-19)20(24)17-11-13-23(14-12-17)27(25,26)15-16-7-9-18(21)10-8-16/h7-10,17,19H,2-6,11-15H2,1H3. The van der Waals surface area contributed by atoms with E-state index in [1.165, 1.54) is 23.6 Å². The average molecular weight is 413 g/mol. The Hall–Kier alpha value is -1.11. The molecular formula is C20H29ClN2O3S. The Bertz CT molecular complexity index is 737. The van der Waals surface area contributed by atoms with E-state index in [0.29, 0.717) is 37.0 Å². The maximum Gasteiger partial charge on any atom is 0.225 e. The van der Waals surface area contributed by atoms with Crippen molar-refractivity contribution in [1.82, 2.24) is 9.21 Å². The third-order valence-electron chi connectivity index (χ3n) is 5.93. The predicted molar refractivity (Wildman–Crippen MR) is 108 cm³/mol. The van der Waals surface area contributed by atoms with Crippen molar-refractivity contribution in [3.05, 3.63) is 34.9 Å². The molecule has 2 aliphatic rings. The second kappa shape index (κ2) is 8.93. The summed E-state index contributed by atoms with van der Waals surface area (Å²) in [7, 11) is -1.46. The van der Waals surface area contributed by atoms with Gasteiger partial charge in [-0.25, -0.2) is 12.7 Å². The van der Waals surface area contributed by atoms with Crippen molar-refractivity contribution in [3.8, 4) is 0 Å². The third kappa shape index (κ3) is 5.24. The normalized spacial score (nSPS) is 20.5. The van der Waals surface area contributed by atoms with E-state index in [0.717, 1.165) is 18.4 Å². The highest BCUT2D eigenvalue weighted by Gasteiger charge is 2.34. The second-order valence-corrected chi connectivity index (χ2v) is 10.2. The number of hydrogen-bond acceptors (Lipinski definition) is 3. The van der Waals surface area contributed by atoms with Crippen LogP contribution < -0.4 is 0 Å². The van der Waals surface area contributed by atoms with Crippen molar-refractivity contribution in [2.75, 3.05) is 20.1 Å². The second-order valence-electron chi connectivity index (χ2n) is 7.80. The van der Waals surface area contributed by atoms with Gasteiger partial charge in [0.15, 0.2) is 0 Å². The minimum Gasteiger partial charge on any atom is -0.343 e. The van der Waals surface area contributed by atoms with Crippen LogP contribution in [-0.4, -0.2) is 49.7 Å². The van der Waals surface area contributed by atoms with Crippen molar-refractivity contribution in [1.29, 1.82) is 0 Å². The van der Waals surface area contributed by atoms with Gasteiger partial charge in [0.1, 0.15) is 0 Å². The van der Waals surface area contributed by atoms with E-state index in [1.807, 2.05) is 11.9 Å². The fourth-order valence-corrected chi connectivity index (χ4v) is 5.89. The molecule has 1 heterocycles. The summed E-state index contributed by atoms with van der Waals surface area (Å²) >= 11 is 5.86. The van der Waals surface area contributed by atoms with Gasteiger partial charge in [-0.1, -0.05) is 43.0 Å². The summed E-state index contributed by atoms with van der Waals surface area (Å²) in [5.41, 5.74) is 0.731. The predicted octanol–water partition coefficient (Wildman–Crippen LogP) is 3.67. The van der Waals surface area contributed by atoms with Gasteiger partial charge < -0.3 is 4.90 Å². The number of carbonyl (C=O) groups excluding carboxylic acids is 1. The van der Waals surface area contributed by atoms with Crippen LogP contribution in [-0.2, 0) is 20.6 Å². The number of sulfonamides is 1. The number of nitrogens with zero attached hydrogens (tertiary/aromatic N) is 2.